The average molecular weight is 142 g/mol. The molecule has 1 aliphatic heterocycles. The molecule has 2 nitrogen and oxygen atoms in total. The quantitative estimate of drug-likeness (QED) is 0.582. The summed E-state index contributed by atoms with van der Waals surface area (Å²) in [5, 5.41) is 9.27. The molecule has 58 valence electrons. The molecule has 0 aromatic carbocycles. The molecule has 1 aliphatic rings. The Morgan fingerprint density at radius 1 is 1.70 bits per heavy atom. The molecule has 0 saturated carbocycles. The van der Waals surface area contributed by atoms with Crippen molar-refractivity contribution in [3.05, 3.63) is 12.2 Å². The fourth-order valence-electron chi connectivity index (χ4n) is 1.23. The molecular weight excluding hydrogens is 128 g/mol. The zero-order valence-corrected chi connectivity index (χ0v) is 6.34. The first-order valence-electron chi connectivity index (χ1n) is 3.60. The molecule has 0 amide bonds. The molecule has 0 bridgehead atoms. The van der Waals surface area contributed by atoms with Gasteiger partial charge in [-0.3, -0.25) is 0 Å². The van der Waals surface area contributed by atoms with Gasteiger partial charge in [-0.2, -0.15) is 0 Å². The first-order chi connectivity index (χ1) is 4.70. The Morgan fingerprint density at radius 2 is 2.40 bits per heavy atom. The highest BCUT2D eigenvalue weighted by Crippen LogP contribution is 2.20. The second-order valence-corrected chi connectivity index (χ2v) is 3.03. The van der Waals surface area contributed by atoms with Gasteiger partial charge < -0.3 is 9.84 Å². The van der Waals surface area contributed by atoms with Crippen molar-refractivity contribution in [2.24, 2.45) is 5.92 Å². The highest BCUT2D eigenvalue weighted by Gasteiger charge is 2.25. The Morgan fingerprint density at radius 3 is 2.80 bits per heavy atom. The summed E-state index contributed by atoms with van der Waals surface area (Å²) in [6.07, 6.45) is 0.623. The van der Waals surface area contributed by atoms with E-state index in [1.165, 1.54) is 0 Å². The van der Waals surface area contributed by atoms with Crippen LogP contribution in [0.4, 0.5) is 0 Å². The van der Waals surface area contributed by atoms with Gasteiger partial charge in [-0.25, -0.2) is 0 Å². The third kappa shape index (κ3) is 1.82. The highest BCUT2D eigenvalue weighted by molar-refractivity contribution is 4.93. The molecule has 1 rings (SSSR count). The lowest BCUT2D eigenvalue weighted by Crippen LogP contribution is -2.17. The Kier molecular flexibility index (Phi) is 2.46. The maximum Gasteiger partial charge on any atom is 0.0826 e. The normalized spacial score (nSPS) is 32.6. The van der Waals surface area contributed by atoms with Gasteiger partial charge in [-0.05, 0) is 13.3 Å². The number of aliphatic hydroxyl groups is 1. The molecule has 2 heteroatoms. The van der Waals surface area contributed by atoms with Crippen LogP contribution in [0.1, 0.15) is 13.3 Å². The van der Waals surface area contributed by atoms with E-state index in [1.807, 2.05) is 6.92 Å². The van der Waals surface area contributed by atoms with E-state index in [-0.39, 0.29) is 12.0 Å². The maximum absolute atomic E-state index is 9.27. The largest absolute Gasteiger partial charge is 0.390 e. The molecule has 1 N–H and O–H groups in total. The molecule has 1 heterocycles. The minimum atomic E-state index is -0.267. The summed E-state index contributed by atoms with van der Waals surface area (Å²) in [6.45, 7) is 6.95. The van der Waals surface area contributed by atoms with Gasteiger partial charge in [0.15, 0.2) is 0 Å². The predicted octanol–water partition coefficient (Wildman–Crippen LogP) is 0.960. The number of allylic oxidation sites excluding steroid dienone is 1. The first kappa shape index (κ1) is 7.76. The van der Waals surface area contributed by atoms with Crippen LogP contribution in [0.5, 0.6) is 0 Å². The average Bonchev–Trinajstić information content (AvgIpc) is 2.15. The van der Waals surface area contributed by atoms with E-state index in [2.05, 4.69) is 6.58 Å². The standard InChI is InChI=1S/C8H14O2/c1-6(2)3-7-4-10-5-8(7)9/h7-9H,1,3-5H2,2H3. The second-order valence-electron chi connectivity index (χ2n) is 3.03. The molecule has 1 fully saturated rings. The molecule has 0 radical (unpaired) electrons. The highest BCUT2D eigenvalue weighted by atomic mass is 16.5. The van der Waals surface area contributed by atoms with Crippen LogP contribution >= 0.6 is 0 Å². The molecule has 1 saturated heterocycles. The topological polar surface area (TPSA) is 29.5 Å². The van der Waals surface area contributed by atoms with E-state index in [9.17, 15) is 5.11 Å². The molecule has 0 aliphatic carbocycles. The fourth-order valence-corrected chi connectivity index (χ4v) is 1.23. The lowest BCUT2D eigenvalue weighted by Gasteiger charge is -2.10. The summed E-state index contributed by atoms with van der Waals surface area (Å²) >= 11 is 0. The molecule has 0 aromatic heterocycles. The SMILES string of the molecule is C=C(C)CC1COCC1O. The van der Waals surface area contributed by atoms with Gasteiger partial charge in [0, 0.05) is 5.92 Å². The van der Waals surface area contributed by atoms with E-state index in [4.69, 9.17) is 4.74 Å². The summed E-state index contributed by atoms with van der Waals surface area (Å²) in [6, 6.07) is 0. The van der Waals surface area contributed by atoms with Gasteiger partial charge in [0.2, 0.25) is 0 Å². The number of hydrogen-bond donors (Lipinski definition) is 1. The smallest absolute Gasteiger partial charge is 0.0826 e. The van der Waals surface area contributed by atoms with Crippen LogP contribution < -0.4 is 0 Å². The summed E-state index contributed by atoms with van der Waals surface area (Å²) in [5.74, 6) is 0.289. The van der Waals surface area contributed by atoms with Crippen LogP contribution in [0.15, 0.2) is 12.2 Å². The summed E-state index contributed by atoms with van der Waals surface area (Å²) in [7, 11) is 0. The number of rotatable bonds is 2. The van der Waals surface area contributed by atoms with Crippen LogP contribution in [-0.4, -0.2) is 24.4 Å². The Hall–Kier alpha value is -0.340. The number of hydrogen-bond acceptors (Lipinski definition) is 2. The van der Waals surface area contributed by atoms with Crippen molar-refractivity contribution < 1.29 is 9.84 Å². The Bertz CT molecular complexity index is 131. The van der Waals surface area contributed by atoms with Crippen LogP contribution in [-0.2, 0) is 4.74 Å². The van der Waals surface area contributed by atoms with E-state index >= 15 is 0 Å². The van der Waals surface area contributed by atoms with Gasteiger partial charge in [0.1, 0.15) is 0 Å². The lowest BCUT2D eigenvalue weighted by molar-refractivity contribution is 0.118. The van der Waals surface area contributed by atoms with Crippen molar-refractivity contribution in [3.63, 3.8) is 0 Å². The summed E-state index contributed by atoms with van der Waals surface area (Å²) < 4.78 is 5.08. The number of aliphatic hydroxyl groups excluding tert-OH is 1. The summed E-state index contributed by atoms with van der Waals surface area (Å²) in [5.41, 5.74) is 1.12. The van der Waals surface area contributed by atoms with Crippen molar-refractivity contribution >= 4 is 0 Å². The van der Waals surface area contributed by atoms with E-state index < -0.39 is 0 Å². The van der Waals surface area contributed by atoms with Crippen LogP contribution in [0.2, 0.25) is 0 Å². The van der Waals surface area contributed by atoms with E-state index in [0.717, 1.165) is 12.0 Å². The fraction of sp³-hybridized carbons (Fsp3) is 0.750. The van der Waals surface area contributed by atoms with Gasteiger partial charge in [-0.1, -0.05) is 5.57 Å². The van der Waals surface area contributed by atoms with Crippen LogP contribution in [0.3, 0.4) is 0 Å². The molecule has 2 unspecified atom stereocenters. The monoisotopic (exact) mass is 142 g/mol. The first-order valence-corrected chi connectivity index (χ1v) is 3.60. The van der Waals surface area contributed by atoms with Gasteiger partial charge in [0.25, 0.3) is 0 Å². The Balaban J connectivity index is 2.33. The van der Waals surface area contributed by atoms with Gasteiger partial charge >= 0.3 is 0 Å². The van der Waals surface area contributed by atoms with Gasteiger partial charge in [0.05, 0.1) is 19.3 Å². The van der Waals surface area contributed by atoms with Crippen molar-refractivity contribution in [3.8, 4) is 0 Å². The predicted molar refractivity (Wildman–Crippen MR) is 39.7 cm³/mol. The maximum atomic E-state index is 9.27. The van der Waals surface area contributed by atoms with E-state index in [1.54, 1.807) is 0 Å². The zero-order valence-electron chi connectivity index (χ0n) is 6.34. The van der Waals surface area contributed by atoms with E-state index in [0.29, 0.717) is 13.2 Å². The molecule has 2 atom stereocenters. The van der Waals surface area contributed by atoms with Crippen molar-refractivity contribution in [2.45, 2.75) is 19.4 Å². The summed E-state index contributed by atoms with van der Waals surface area (Å²) in [4.78, 5) is 0. The molecule has 10 heavy (non-hydrogen) atoms. The minimum Gasteiger partial charge on any atom is -0.390 e. The lowest BCUT2D eigenvalue weighted by atomic mass is 9.98. The Labute approximate surface area is 61.5 Å². The van der Waals surface area contributed by atoms with Crippen molar-refractivity contribution in [1.29, 1.82) is 0 Å². The number of ether oxygens (including phenoxy) is 1. The van der Waals surface area contributed by atoms with Crippen molar-refractivity contribution in [1.82, 2.24) is 0 Å². The third-order valence-corrected chi connectivity index (χ3v) is 1.78. The van der Waals surface area contributed by atoms with Gasteiger partial charge in [-0.15, -0.1) is 6.58 Å². The third-order valence-electron chi connectivity index (χ3n) is 1.78. The van der Waals surface area contributed by atoms with Crippen LogP contribution in [0, 0.1) is 5.92 Å². The van der Waals surface area contributed by atoms with Crippen LogP contribution in [0.25, 0.3) is 0 Å². The molecule has 0 aromatic rings. The minimum absolute atomic E-state index is 0.267. The molecule has 0 spiro atoms. The second kappa shape index (κ2) is 3.17. The molecular formula is C8H14O2. The van der Waals surface area contributed by atoms with Crippen molar-refractivity contribution in [2.75, 3.05) is 13.2 Å². The zero-order chi connectivity index (χ0) is 7.56.